The van der Waals surface area contributed by atoms with Gasteiger partial charge in [0.1, 0.15) is 0 Å². The van der Waals surface area contributed by atoms with Crippen molar-refractivity contribution < 1.29 is 0 Å². The lowest BCUT2D eigenvalue weighted by Crippen LogP contribution is -2.19. The molecule has 1 heterocycles. The van der Waals surface area contributed by atoms with Crippen LogP contribution >= 0.6 is 12.2 Å². The van der Waals surface area contributed by atoms with Crippen LogP contribution in [0, 0.1) is 0 Å². The smallest absolute Gasteiger partial charge is 0.175 e. The number of pyridine rings is 1. The molecule has 98 valence electrons. The van der Waals surface area contributed by atoms with E-state index >= 15 is 0 Å². The van der Waals surface area contributed by atoms with E-state index < -0.39 is 0 Å². The van der Waals surface area contributed by atoms with Crippen molar-refractivity contribution in [3.05, 3.63) is 66.9 Å². The zero-order valence-electron chi connectivity index (χ0n) is 10.7. The fraction of sp³-hybridized carbons (Fsp3) is 0. The van der Waals surface area contributed by atoms with Crippen LogP contribution in [0.25, 0.3) is 10.9 Å². The molecular weight excluding hydrogens is 266 g/mol. The quantitative estimate of drug-likeness (QED) is 0.694. The zero-order chi connectivity index (χ0) is 13.8. The van der Waals surface area contributed by atoms with Gasteiger partial charge in [0.2, 0.25) is 0 Å². The predicted molar refractivity (Wildman–Crippen MR) is 88.0 cm³/mol. The van der Waals surface area contributed by atoms with E-state index in [1.807, 2.05) is 60.7 Å². The predicted octanol–water partition coefficient (Wildman–Crippen LogP) is 4.04. The molecular formula is C16H13N3S. The number of para-hydroxylation sites is 2. The van der Waals surface area contributed by atoms with Crippen LogP contribution in [-0.2, 0) is 0 Å². The molecule has 0 unspecified atom stereocenters. The van der Waals surface area contributed by atoms with E-state index in [9.17, 15) is 0 Å². The summed E-state index contributed by atoms with van der Waals surface area (Å²) in [6.45, 7) is 0. The maximum atomic E-state index is 5.34. The normalized spacial score (nSPS) is 10.2. The van der Waals surface area contributed by atoms with Gasteiger partial charge >= 0.3 is 0 Å². The Morgan fingerprint density at radius 1 is 0.850 bits per heavy atom. The van der Waals surface area contributed by atoms with E-state index in [-0.39, 0.29) is 0 Å². The van der Waals surface area contributed by atoms with Crippen LogP contribution in [0.3, 0.4) is 0 Å². The number of nitrogens with one attached hydrogen (secondary N) is 2. The van der Waals surface area contributed by atoms with Gasteiger partial charge in [0.25, 0.3) is 0 Å². The fourth-order valence-corrected chi connectivity index (χ4v) is 2.24. The molecule has 0 radical (unpaired) electrons. The van der Waals surface area contributed by atoms with Gasteiger partial charge in [0.15, 0.2) is 5.11 Å². The molecule has 0 amide bonds. The van der Waals surface area contributed by atoms with Crippen molar-refractivity contribution in [1.82, 2.24) is 4.98 Å². The number of rotatable bonds is 2. The first kappa shape index (κ1) is 12.6. The Hall–Kier alpha value is -2.46. The minimum atomic E-state index is 0.563. The van der Waals surface area contributed by atoms with E-state index in [1.165, 1.54) is 0 Å². The molecule has 0 bridgehead atoms. The molecule has 0 aliphatic heterocycles. The van der Waals surface area contributed by atoms with Crippen molar-refractivity contribution in [2.24, 2.45) is 0 Å². The van der Waals surface area contributed by atoms with E-state index in [1.54, 1.807) is 6.20 Å². The van der Waals surface area contributed by atoms with Gasteiger partial charge in [-0.2, -0.15) is 0 Å². The molecule has 0 saturated heterocycles. The highest BCUT2D eigenvalue weighted by molar-refractivity contribution is 7.80. The Morgan fingerprint density at radius 2 is 1.60 bits per heavy atom. The van der Waals surface area contributed by atoms with Gasteiger partial charge in [-0.1, -0.05) is 36.4 Å². The molecule has 4 heteroatoms. The SMILES string of the molecule is S=C(Nc1ccccc1)Nc1ccnc2ccccc12. The van der Waals surface area contributed by atoms with Crippen LogP contribution in [0.15, 0.2) is 66.9 Å². The number of fused-ring (bicyclic) bond motifs is 1. The first-order valence-electron chi connectivity index (χ1n) is 6.30. The Kier molecular flexibility index (Phi) is 3.56. The van der Waals surface area contributed by atoms with E-state index in [2.05, 4.69) is 15.6 Å². The van der Waals surface area contributed by atoms with Crippen LogP contribution in [0.4, 0.5) is 11.4 Å². The number of hydrogen-bond acceptors (Lipinski definition) is 2. The second-order valence-corrected chi connectivity index (χ2v) is 4.73. The lowest BCUT2D eigenvalue weighted by molar-refractivity contribution is 1.41. The number of aromatic nitrogens is 1. The second-order valence-electron chi connectivity index (χ2n) is 4.32. The van der Waals surface area contributed by atoms with Crippen molar-refractivity contribution in [2.45, 2.75) is 0 Å². The standard InChI is InChI=1S/C16H13N3S/c20-16(18-12-6-2-1-3-7-12)19-15-10-11-17-14-9-5-4-8-13(14)15/h1-11H,(H2,17,18,19,20). The van der Waals surface area contributed by atoms with Crippen LogP contribution in [0.1, 0.15) is 0 Å². The summed E-state index contributed by atoms with van der Waals surface area (Å²) in [5.74, 6) is 0. The minimum absolute atomic E-state index is 0.563. The summed E-state index contributed by atoms with van der Waals surface area (Å²) < 4.78 is 0. The number of benzene rings is 2. The molecule has 0 saturated carbocycles. The van der Waals surface area contributed by atoms with Crippen molar-refractivity contribution >= 4 is 39.6 Å². The molecule has 0 aliphatic carbocycles. The summed E-state index contributed by atoms with van der Waals surface area (Å²) in [5.41, 5.74) is 2.85. The summed E-state index contributed by atoms with van der Waals surface area (Å²) in [5, 5.41) is 7.98. The molecule has 20 heavy (non-hydrogen) atoms. The summed E-state index contributed by atoms with van der Waals surface area (Å²) in [6.07, 6.45) is 1.77. The number of hydrogen-bond donors (Lipinski definition) is 2. The summed E-state index contributed by atoms with van der Waals surface area (Å²) in [7, 11) is 0. The van der Waals surface area contributed by atoms with Crippen molar-refractivity contribution in [3.8, 4) is 0 Å². The maximum Gasteiger partial charge on any atom is 0.175 e. The molecule has 0 spiro atoms. The highest BCUT2D eigenvalue weighted by Gasteiger charge is 2.03. The topological polar surface area (TPSA) is 37.0 Å². The number of anilines is 2. The average molecular weight is 279 g/mol. The highest BCUT2D eigenvalue weighted by atomic mass is 32.1. The first-order valence-corrected chi connectivity index (χ1v) is 6.70. The van der Waals surface area contributed by atoms with Gasteiger partial charge in [0, 0.05) is 17.3 Å². The van der Waals surface area contributed by atoms with Crippen molar-refractivity contribution in [3.63, 3.8) is 0 Å². The first-order chi connectivity index (χ1) is 9.83. The van der Waals surface area contributed by atoms with E-state index in [0.29, 0.717) is 5.11 Å². The third kappa shape index (κ3) is 2.75. The molecule has 0 aliphatic rings. The van der Waals surface area contributed by atoms with Gasteiger partial charge < -0.3 is 10.6 Å². The Labute approximate surface area is 122 Å². The van der Waals surface area contributed by atoms with Crippen LogP contribution in [0.2, 0.25) is 0 Å². The molecule has 1 aromatic heterocycles. The third-order valence-electron chi connectivity index (χ3n) is 2.93. The molecule has 2 N–H and O–H groups in total. The van der Waals surface area contributed by atoms with E-state index in [4.69, 9.17) is 12.2 Å². The van der Waals surface area contributed by atoms with Crippen LogP contribution in [-0.4, -0.2) is 10.1 Å². The van der Waals surface area contributed by atoms with Crippen LogP contribution < -0.4 is 10.6 Å². The lowest BCUT2D eigenvalue weighted by Gasteiger charge is -2.12. The Balaban J connectivity index is 1.81. The zero-order valence-corrected chi connectivity index (χ0v) is 11.5. The van der Waals surface area contributed by atoms with Gasteiger partial charge in [0.05, 0.1) is 11.2 Å². The van der Waals surface area contributed by atoms with Gasteiger partial charge in [-0.25, -0.2) is 0 Å². The fourth-order valence-electron chi connectivity index (χ4n) is 2.01. The average Bonchev–Trinajstić information content (AvgIpc) is 2.48. The molecule has 3 rings (SSSR count). The van der Waals surface area contributed by atoms with Crippen molar-refractivity contribution in [1.29, 1.82) is 0 Å². The molecule has 0 fully saturated rings. The van der Waals surface area contributed by atoms with Crippen LogP contribution in [0.5, 0.6) is 0 Å². The Morgan fingerprint density at radius 3 is 2.45 bits per heavy atom. The second kappa shape index (κ2) is 5.67. The van der Waals surface area contributed by atoms with Gasteiger partial charge in [-0.3, -0.25) is 4.98 Å². The number of thiocarbonyl (C=S) groups is 1. The van der Waals surface area contributed by atoms with Crippen molar-refractivity contribution in [2.75, 3.05) is 10.6 Å². The molecule has 2 aromatic carbocycles. The summed E-state index contributed by atoms with van der Waals surface area (Å²) in [6, 6.07) is 19.7. The van der Waals surface area contributed by atoms with Gasteiger partial charge in [-0.15, -0.1) is 0 Å². The minimum Gasteiger partial charge on any atom is -0.332 e. The number of nitrogens with zero attached hydrogens (tertiary/aromatic N) is 1. The monoisotopic (exact) mass is 279 g/mol. The van der Waals surface area contributed by atoms with E-state index in [0.717, 1.165) is 22.3 Å². The molecule has 3 aromatic rings. The maximum absolute atomic E-state index is 5.34. The van der Waals surface area contributed by atoms with Gasteiger partial charge in [-0.05, 0) is 36.5 Å². The Bertz CT molecular complexity index is 736. The highest BCUT2D eigenvalue weighted by Crippen LogP contribution is 2.21. The molecule has 0 atom stereocenters. The molecule has 3 nitrogen and oxygen atoms in total. The largest absolute Gasteiger partial charge is 0.332 e. The summed E-state index contributed by atoms with van der Waals surface area (Å²) in [4.78, 5) is 4.33. The lowest BCUT2D eigenvalue weighted by atomic mass is 10.2. The third-order valence-corrected chi connectivity index (χ3v) is 3.13. The summed E-state index contributed by atoms with van der Waals surface area (Å²) >= 11 is 5.34.